The molecule has 2 rings (SSSR count). The molecule has 0 amide bonds. The molecule has 1 aliphatic rings. The van der Waals surface area contributed by atoms with Crippen LogP contribution < -0.4 is 14.2 Å². The molecule has 1 aliphatic heterocycles. The Kier molecular flexibility index (Phi) is 3.94. The van der Waals surface area contributed by atoms with Crippen LogP contribution in [0.4, 0.5) is 0 Å². The molecule has 0 saturated carbocycles. The maximum Gasteiger partial charge on any atom is 0.328 e. The highest BCUT2D eigenvalue weighted by molar-refractivity contribution is 5.86. The molecule has 102 valence electrons. The van der Waals surface area contributed by atoms with Gasteiger partial charge in [0.2, 0.25) is 6.79 Å². The molecular weight excluding hydrogens is 248 g/mol. The summed E-state index contributed by atoms with van der Waals surface area (Å²) in [4.78, 5) is 10.6. The fraction of sp³-hybridized carbons (Fsp3) is 0.357. The molecule has 0 spiro atoms. The predicted molar refractivity (Wildman–Crippen MR) is 69.6 cm³/mol. The third-order valence-electron chi connectivity index (χ3n) is 2.81. The van der Waals surface area contributed by atoms with Crippen LogP contribution in [0.5, 0.6) is 17.2 Å². The summed E-state index contributed by atoms with van der Waals surface area (Å²) < 4.78 is 16.3. The standard InChI is InChI=1S/C14H16O5/c1-3-9(2)19-11-7-13-12(17-8-18-13)6-10(11)4-5-14(15)16/h4-7,9H,3,8H2,1-2H3,(H,15,16)/b5-4+. The summed E-state index contributed by atoms with van der Waals surface area (Å²) in [6.07, 6.45) is 3.46. The maximum absolute atomic E-state index is 10.6. The van der Waals surface area contributed by atoms with Crippen molar-refractivity contribution >= 4 is 12.0 Å². The zero-order chi connectivity index (χ0) is 13.8. The molecule has 0 bridgehead atoms. The Labute approximate surface area is 111 Å². The average molecular weight is 264 g/mol. The zero-order valence-corrected chi connectivity index (χ0v) is 10.9. The fourth-order valence-electron chi connectivity index (χ4n) is 1.63. The van der Waals surface area contributed by atoms with Crippen LogP contribution in [-0.2, 0) is 4.79 Å². The second-order valence-corrected chi connectivity index (χ2v) is 4.25. The Hall–Kier alpha value is -2.17. The number of rotatable bonds is 5. The van der Waals surface area contributed by atoms with Crippen LogP contribution in [-0.4, -0.2) is 24.0 Å². The van der Waals surface area contributed by atoms with Crippen molar-refractivity contribution in [2.45, 2.75) is 26.4 Å². The number of ether oxygens (including phenoxy) is 3. The van der Waals surface area contributed by atoms with Crippen molar-refractivity contribution in [1.29, 1.82) is 0 Å². The molecule has 0 fully saturated rings. The van der Waals surface area contributed by atoms with E-state index in [1.165, 1.54) is 6.08 Å². The van der Waals surface area contributed by atoms with Crippen molar-refractivity contribution < 1.29 is 24.1 Å². The minimum atomic E-state index is -1.01. The number of fused-ring (bicyclic) bond motifs is 1. The van der Waals surface area contributed by atoms with Gasteiger partial charge in [-0.1, -0.05) is 6.92 Å². The molecule has 0 saturated heterocycles. The summed E-state index contributed by atoms with van der Waals surface area (Å²) in [5.74, 6) is 0.801. The molecule has 1 aromatic rings. The van der Waals surface area contributed by atoms with Gasteiger partial charge in [-0.05, 0) is 25.5 Å². The van der Waals surface area contributed by atoms with Gasteiger partial charge in [-0.3, -0.25) is 0 Å². The number of hydrogen-bond acceptors (Lipinski definition) is 4. The number of hydrogen-bond donors (Lipinski definition) is 1. The zero-order valence-electron chi connectivity index (χ0n) is 10.9. The first-order chi connectivity index (χ1) is 9.10. The van der Waals surface area contributed by atoms with E-state index in [0.29, 0.717) is 22.8 Å². The van der Waals surface area contributed by atoms with Gasteiger partial charge in [-0.15, -0.1) is 0 Å². The molecule has 1 heterocycles. The molecule has 0 aliphatic carbocycles. The van der Waals surface area contributed by atoms with Crippen molar-refractivity contribution in [2.75, 3.05) is 6.79 Å². The van der Waals surface area contributed by atoms with Gasteiger partial charge >= 0.3 is 5.97 Å². The van der Waals surface area contributed by atoms with Crippen molar-refractivity contribution in [3.63, 3.8) is 0 Å². The molecule has 0 radical (unpaired) electrons. The molecule has 5 heteroatoms. The van der Waals surface area contributed by atoms with Gasteiger partial charge < -0.3 is 19.3 Å². The van der Waals surface area contributed by atoms with E-state index in [1.807, 2.05) is 13.8 Å². The van der Waals surface area contributed by atoms with E-state index in [4.69, 9.17) is 19.3 Å². The van der Waals surface area contributed by atoms with E-state index in [9.17, 15) is 4.79 Å². The van der Waals surface area contributed by atoms with Crippen LogP contribution in [0.1, 0.15) is 25.8 Å². The Bertz CT molecular complexity index is 507. The lowest BCUT2D eigenvalue weighted by Gasteiger charge is -2.15. The fourth-order valence-corrected chi connectivity index (χ4v) is 1.63. The Morgan fingerprint density at radius 1 is 1.47 bits per heavy atom. The number of aliphatic carboxylic acids is 1. The monoisotopic (exact) mass is 264 g/mol. The summed E-state index contributed by atoms with van der Waals surface area (Å²) >= 11 is 0. The van der Waals surface area contributed by atoms with Crippen LogP contribution in [0.15, 0.2) is 18.2 Å². The van der Waals surface area contributed by atoms with Crippen LogP contribution >= 0.6 is 0 Å². The smallest absolute Gasteiger partial charge is 0.328 e. The van der Waals surface area contributed by atoms with Gasteiger partial charge in [0, 0.05) is 17.7 Å². The Morgan fingerprint density at radius 3 is 2.79 bits per heavy atom. The number of carbonyl (C=O) groups is 1. The van der Waals surface area contributed by atoms with Crippen molar-refractivity contribution in [3.05, 3.63) is 23.8 Å². The minimum absolute atomic E-state index is 0.0392. The third kappa shape index (κ3) is 3.19. The van der Waals surface area contributed by atoms with Gasteiger partial charge in [0.15, 0.2) is 11.5 Å². The van der Waals surface area contributed by atoms with E-state index < -0.39 is 5.97 Å². The largest absolute Gasteiger partial charge is 0.490 e. The Morgan fingerprint density at radius 2 is 2.16 bits per heavy atom. The normalized spacial score (nSPS) is 14.6. The van der Waals surface area contributed by atoms with E-state index in [2.05, 4.69) is 0 Å². The summed E-state index contributed by atoms with van der Waals surface area (Å²) in [5.41, 5.74) is 0.659. The molecule has 5 nitrogen and oxygen atoms in total. The first-order valence-electron chi connectivity index (χ1n) is 6.11. The first kappa shape index (κ1) is 13.3. The lowest BCUT2D eigenvalue weighted by molar-refractivity contribution is -0.131. The van der Waals surface area contributed by atoms with Gasteiger partial charge in [0.1, 0.15) is 5.75 Å². The SMILES string of the molecule is CCC(C)Oc1cc2c(cc1/C=C/C(=O)O)OCO2. The summed E-state index contributed by atoms with van der Waals surface area (Å²) in [7, 11) is 0. The molecule has 1 aromatic carbocycles. The minimum Gasteiger partial charge on any atom is -0.490 e. The third-order valence-corrected chi connectivity index (χ3v) is 2.81. The highest BCUT2D eigenvalue weighted by atomic mass is 16.7. The van der Waals surface area contributed by atoms with Gasteiger partial charge in [0.25, 0.3) is 0 Å². The molecule has 1 unspecified atom stereocenters. The lowest BCUT2D eigenvalue weighted by atomic mass is 10.1. The average Bonchev–Trinajstić information content (AvgIpc) is 2.82. The van der Waals surface area contributed by atoms with Gasteiger partial charge in [0.05, 0.1) is 6.10 Å². The van der Waals surface area contributed by atoms with E-state index in [0.717, 1.165) is 12.5 Å². The number of benzene rings is 1. The second-order valence-electron chi connectivity index (χ2n) is 4.25. The van der Waals surface area contributed by atoms with Crippen molar-refractivity contribution in [3.8, 4) is 17.2 Å². The van der Waals surface area contributed by atoms with Crippen LogP contribution in [0, 0.1) is 0 Å². The number of carboxylic acid groups (broad SMARTS) is 1. The van der Waals surface area contributed by atoms with E-state index in [-0.39, 0.29) is 12.9 Å². The van der Waals surface area contributed by atoms with Crippen LogP contribution in [0.3, 0.4) is 0 Å². The van der Waals surface area contributed by atoms with Crippen molar-refractivity contribution in [1.82, 2.24) is 0 Å². The maximum atomic E-state index is 10.6. The molecule has 1 atom stereocenters. The van der Waals surface area contributed by atoms with Crippen LogP contribution in [0.2, 0.25) is 0 Å². The topological polar surface area (TPSA) is 65.0 Å². The predicted octanol–water partition coefficient (Wildman–Crippen LogP) is 2.69. The number of carboxylic acids is 1. The first-order valence-corrected chi connectivity index (χ1v) is 6.11. The molecule has 19 heavy (non-hydrogen) atoms. The second kappa shape index (κ2) is 5.65. The van der Waals surface area contributed by atoms with E-state index in [1.54, 1.807) is 12.1 Å². The van der Waals surface area contributed by atoms with Crippen LogP contribution in [0.25, 0.3) is 6.08 Å². The van der Waals surface area contributed by atoms with Gasteiger partial charge in [-0.2, -0.15) is 0 Å². The summed E-state index contributed by atoms with van der Waals surface area (Å²) in [6.45, 7) is 4.14. The summed E-state index contributed by atoms with van der Waals surface area (Å²) in [5, 5.41) is 8.70. The van der Waals surface area contributed by atoms with Gasteiger partial charge in [-0.25, -0.2) is 4.79 Å². The molecular formula is C14H16O5. The molecule has 0 aromatic heterocycles. The molecule has 1 N–H and O–H groups in total. The highest BCUT2D eigenvalue weighted by Gasteiger charge is 2.18. The Balaban J connectivity index is 2.34. The summed E-state index contributed by atoms with van der Waals surface area (Å²) in [6, 6.07) is 3.45. The highest BCUT2D eigenvalue weighted by Crippen LogP contribution is 2.39. The van der Waals surface area contributed by atoms with E-state index >= 15 is 0 Å². The lowest BCUT2D eigenvalue weighted by Crippen LogP contribution is -2.10. The van der Waals surface area contributed by atoms with Crippen molar-refractivity contribution in [2.24, 2.45) is 0 Å². The quantitative estimate of drug-likeness (QED) is 0.828.